The average molecular weight is 329 g/mol. The molecule has 5 nitrogen and oxygen atoms in total. The van der Waals surface area contributed by atoms with Crippen LogP contribution in [0, 0.1) is 0 Å². The van der Waals surface area contributed by atoms with Gasteiger partial charge in [0.05, 0.1) is 31.8 Å². The molecule has 0 unspecified atom stereocenters. The lowest BCUT2D eigenvalue weighted by molar-refractivity contribution is -0.145. The molecule has 0 amide bonds. The van der Waals surface area contributed by atoms with Crippen molar-refractivity contribution in [2.24, 2.45) is 0 Å². The first-order valence-electron chi connectivity index (χ1n) is 7.24. The molecule has 0 aliphatic heterocycles. The molecule has 0 heterocycles. The van der Waals surface area contributed by atoms with Crippen LogP contribution in [0.25, 0.3) is 0 Å². The Balaban J connectivity index is 2.74. The first kappa shape index (κ1) is 16.7. The largest absolute Gasteiger partial charge is 0.493 e. The minimum Gasteiger partial charge on any atom is -0.493 e. The number of methoxy groups -OCH3 is 3. The molecule has 0 saturated heterocycles. The van der Waals surface area contributed by atoms with E-state index in [2.05, 4.69) is 0 Å². The summed E-state index contributed by atoms with van der Waals surface area (Å²) < 4.78 is 16.1. The molecule has 0 radical (unpaired) electrons. The zero-order valence-electron chi connectivity index (χ0n) is 13.1. The number of carboxylic acid groups (broad SMARTS) is 1. The molecule has 1 fully saturated rings. The van der Waals surface area contributed by atoms with Gasteiger partial charge in [0.2, 0.25) is 5.75 Å². The van der Waals surface area contributed by atoms with E-state index in [0.717, 1.165) is 19.3 Å². The molecule has 1 aromatic carbocycles. The Morgan fingerprint density at radius 2 is 1.68 bits per heavy atom. The molecule has 0 atom stereocenters. The lowest BCUT2D eigenvalue weighted by Gasteiger charge is -2.35. The maximum absolute atomic E-state index is 12.1. The van der Waals surface area contributed by atoms with Crippen molar-refractivity contribution in [1.82, 2.24) is 0 Å². The van der Waals surface area contributed by atoms with E-state index in [1.54, 1.807) is 6.07 Å². The zero-order valence-corrected chi connectivity index (χ0v) is 13.8. The van der Waals surface area contributed by atoms with Gasteiger partial charge in [-0.25, -0.2) is 0 Å². The number of carboxylic acids is 1. The summed E-state index contributed by atoms with van der Waals surface area (Å²) in [6, 6.07) is 1.59. The van der Waals surface area contributed by atoms with Gasteiger partial charge >= 0.3 is 5.97 Å². The summed E-state index contributed by atoms with van der Waals surface area (Å²) in [5, 5.41) is 10.2. The maximum Gasteiger partial charge on any atom is 0.314 e. The predicted octanol–water partition coefficient (Wildman–Crippen LogP) is 3.65. The van der Waals surface area contributed by atoms with Crippen molar-refractivity contribution in [3.63, 3.8) is 0 Å². The standard InChI is InChI=1S/C16H21ClO5/c1-20-11-9-10(17)12(14(22-3)13(11)21-2)16(15(18)19)7-5-4-6-8-16/h9H,4-8H2,1-3H3,(H,18,19). The predicted molar refractivity (Wildman–Crippen MR) is 83.5 cm³/mol. The summed E-state index contributed by atoms with van der Waals surface area (Å²) in [7, 11) is 4.47. The van der Waals surface area contributed by atoms with E-state index in [9.17, 15) is 9.90 Å². The highest BCUT2D eigenvalue weighted by Gasteiger charge is 2.46. The van der Waals surface area contributed by atoms with Crippen molar-refractivity contribution in [3.8, 4) is 17.2 Å². The fourth-order valence-corrected chi connectivity index (χ4v) is 3.66. The summed E-state index contributed by atoms with van der Waals surface area (Å²) in [5.41, 5.74) is -0.554. The second kappa shape index (κ2) is 6.65. The van der Waals surface area contributed by atoms with Crippen molar-refractivity contribution in [2.75, 3.05) is 21.3 Å². The topological polar surface area (TPSA) is 65.0 Å². The number of benzene rings is 1. The number of halogens is 1. The lowest BCUT2D eigenvalue weighted by Crippen LogP contribution is -2.38. The van der Waals surface area contributed by atoms with Crippen molar-refractivity contribution < 1.29 is 24.1 Å². The molecule has 1 aliphatic rings. The van der Waals surface area contributed by atoms with Crippen LogP contribution in [0.15, 0.2) is 6.07 Å². The minimum atomic E-state index is -1.04. The van der Waals surface area contributed by atoms with Crippen LogP contribution in [-0.4, -0.2) is 32.4 Å². The average Bonchev–Trinajstić information content (AvgIpc) is 2.53. The fourth-order valence-electron chi connectivity index (χ4n) is 3.30. The van der Waals surface area contributed by atoms with Crippen LogP contribution in [0.3, 0.4) is 0 Å². The fraction of sp³-hybridized carbons (Fsp3) is 0.562. The van der Waals surface area contributed by atoms with Gasteiger partial charge in [-0.3, -0.25) is 4.79 Å². The van der Waals surface area contributed by atoms with Crippen molar-refractivity contribution in [1.29, 1.82) is 0 Å². The van der Waals surface area contributed by atoms with Crippen LogP contribution in [0.4, 0.5) is 0 Å². The molecule has 0 aromatic heterocycles. The Hall–Kier alpha value is -1.62. The van der Waals surface area contributed by atoms with Crippen molar-refractivity contribution >= 4 is 17.6 Å². The first-order chi connectivity index (χ1) is 10.5. The molecule has 22 heavy (non-hydrogen) atoms. The molecule has 0 spiro atoms. The molecule has 6 heteroatoms. The quantitative estimate of drug-likeness (QED) is 0.893. The van der Waals surface area contributed by atoms with E-state index in [0.29, 0.717) is 40.7 Å². The molecule has 1 aromatic rings. The third-order valence-electron chi connectivity index (χ3n) is 4.38. The highest BCUT2D eigenvalue weighted by Crippen LogP contribution is 2.52. The van der Waals surface area contributed by atoms with Crippen LogP contribution in [0.2, 0.25) is 5.02 Å². The summed E-state index contributed by atoms with van der Waals surface area (Å²) in [6.07, 6.45) is 3.80. The zero-order chi connectivity index (χ0) is 16.3. The highest BCUT2D eigenvalue weighted by atomic mass is 35.5. The molecular weight excluding hydrogens is 308 g/mol. The number of hydrogen-bond acceptors (Lipinski definition) is 4. The van der Waals surface area contributed by atoms with Gasteiger partial charge in [-0.2, -0.15) is 0 Å². The summed E-state index contributed by atoms with van der Waals surface area (Å²) in [4.78, 5) is 12.1. The van der Waals surface area contributed by atoms with E-state index in [4.69, 9.17) is 25.8 Å². The Morgan fingerprint density at radius 1 is 1.09 bits per heavy atom. The van der Waals surface area contributed by atoms with Crippen LogP contribution >= 0.6 is 11.6 Å². The summed E-state index contributed by atoms with van der Waals surface area (Å²) in [6.45, 7) is 0. The second-order valence-electron chi connectivity index (χ2n) is 5.45. The molecule has 1 saturated carbocycles. The molecule has 1 aliphatic carbocycles. The van der Waals surface area contributed by atoms with E-state index in [1.165, 1.54) is 21.3 Å². The second-order valence-corrected chi connectivity index (χ2v) is 5.86. The van der Waals surface area contributed by atoms with Gasteiger partial charge < -0.3 is 19.3 Å². The third-order valence-corrected chi connectivity index (χ3v) is 4.68. The van der Waals surface area contributed by atoms with Crippen LogP contribution in [-0.2, 0) is 10.2 Å². The van der Waals surface area contributed by atoms with E-state index in [-0.39, 0.29) is 0 Å². The smallest absolute Gasteiger partial charge is 0.314 e. The van der Waals surface area contributed by atoms with Gasteiger partial charge in [-0.15, -0.1) is 0 Å². The Morgan fingerprint density at radius 3 is 2.14 bits per heavy atom. The number of aliphatic carboxylic acids is 1. The Kier molecular flexibility index (Phi) is 5.06. The van der Waals surface area contributed by atoms with Crippen molar-refractivity contribution in [3.05, 3.63) is 16.7 Å². The van der Waals surface area contributed by atoms with Crippen LogP contribution in [0.5, 0.6) is 17.2 Å². The Bertz CT molecular complexity index is 564. The lowest BCUT2D eigenvalue weighted by atomic mass is 9.69. The first-order valence-corrected chi connectivity index (χ1v) is 7.62. The van der Waals surface area contributed by atoms with E-state index >= 15 is 0 Å². The number of hydrogen-bond donors (Lipinski definition) is 1. The van der Waals surface area contributed by atoms with Gasteiger partial charge in [-0.1, -0.05) is 30.9 Å². The number of ether oxygens (including phenoxy) is 3. The number of rotatable bonds is 5. The van der Waals surface area contributed by atoms with Crippen molar-refractivity contribution in [2.45, 2.75) is 37.5 Å². The van der Waals surface area contributed by atoms with Gasteiger partial charge in [0.15, 0.2) is 11.5 Å². The normalized spacial score (nSPS) is 16.9. The Labute approximate surface area is 135 Å². The third kappa shape index (κ3) is 2.58. The maximum atomic E-state index is 12.1. The van der Waals surface area contributed by atoms with Gasteiger partial charge in [0.1, 0.15) is 0 Å². The highest BCUT2D eigenvalue weighted by molar-refractivity contribution is 6.32. The van der Waals surface area contributed by atoms with Gasteiger partial charge in [-0.05, 0) is 12.8 Å². The summed E-state index contributed by atoms with van der Waals surface area (Å²) >= 11 is 6.41. The number of carbonyl (C=O) groups is 1. The van der Waals surface area contributed by atoms with E-state index < -0.39 is 11.4 Å². The van der Waals surface area contributed by atoms with Gasteiger partial charge in [0.25, 0.3) is 0 Å². The monoisotopic (exact) mass is 328 g/mol. The molecule has 0 bridgehead atoms. The summed E-state index contributed by atoms with van der Waals surface area (Å²) in [5.74, 6) is 0.260. The molecule has 122 valence electrons. The molecule has 1 N–H and O–H groups in total. The molecule has 2 rings (SSSR count). The van der Waals surface area contributed by atoms with Crippen LogP contribution < -0.4 is 14.2 Å². The van der Waals surface area contributed by atoms with E-state index in [1.807, 2.05) is 0 Å². The SMILES string of the molecule is COc1cc(Cl)c(C2(C(=O)O)CCCCC2)c(OC)c1OC. The van der Waals surface area contributed by atoms with Gasteiger partial charge in [0, 0.05) is 11.6 Å². The van der Waals surface area contributed by atoms with Crippen LogP contribution in [0.1, 0.15) is 37.7 Å². The molecular formula is C16H21ClO5. The minimum absolute atomic E-state index is 0.332.